The molecule has 0 N–H and O–H groups in total. The van der Waals surface area contributed by atoms with Crippen molar-refractivity contribution in [2.75, 3.05) is 14.2 Å². The fourth-order valence-electron chi connectivity index (χ4n) is 2.00. The van der Waals surface area contributed by atoms with Crippen molar-refractivity contribution in [3.63, 3.8) is 0 Å². The first-order valence-corrected chi connectivity index (χ1v) is 7.90. The Morgan fingerprint density at radius 2 is 1.79 bits per heavy atom. The lowest BCUT2D eigenvalue weighted by Crippen LogP contribution is -1.97. The molecule has 2 aromatic rings. The van der Waals surface area contributed by atoms with Gasteiger partial charge >= 0.3 is 0 Å². The molecular weight excluding hydrogens is 334 g/mol. The summed E-state index contributed by atoms with van der Waals surface area (Å²) in [6.45, 7) is 0. The predicted octanol–water partition coefficient (Wildman–Crippen LogP) is 4.91. The van der Waals surface area contributed by atoms with Crippen molar-refractivity contribution in [2.24, 2.45) is 0 Å². The van der Waals surface area contributed by atoms with Crippen LogP contribution in [0.2, 0.25) is 0 Å². The van der Waals surface area contributed by atoms with Crippen LogP contribution < -0.4 is 9.47 Å². The van der Waals surface area contributed by atoms with Gasteiger partial charge in [-0.15, -0.1) is 0 Å². The van der Waals surface area contributed by atoms with Gasteiger partial charge in [0.25, 0.3) is 5.76 Å². The quantitative estimate of drug-likeness (QED) is 0.404. The van der Waals surface area contributed by atoms with Gasteiger partial charge in [0.1, 0.15) is 11.5 Å². The third-order valence-corrected chi connectivity index (χ3v) is 3.98. The van der Waals surface area contributed by atoms with Crippen molar-refractivity contribution >= 4 is 23.6 Å². The minimum Gasteiger partial charge on any atom is -0.497 e. The second kappa shape index (κ2) is 8.49. The number of carbonyl (C=O) groups excluding carboxylic acids is 1. The SMILES string of the molecule is COc1ccc(C=CC(=O)c2ccc(SC(F)F)c(OC)c2)cc1. The number of ketones is 1. The molecule has 0 saturated carbocycles. The van der Waals surface area contributed by atoms with Crippen LogP contribution in [0.1, 0.15) is 15.9 Å². The molecule has 3 nitrogen and oxygen atoms in total. The van der Waals surface area contributed by atoms with E-state index in [9.17, 15) is 13.6 Å². The Morgan fingerprint density at radius 1 is 1.08 bits per heavy atom. The first-order chi connectivity index (χ1) is 11.5. The van der Waals surface area contributed by atoms with Gasteiger partial charge in [-0.2, -0.15) is 8.78 Å². The molecule has 0 aliphatic carbocycles. The Labute approximate surface area is 143 Å². The second-order valence-corrected chi connectivity index (χ2v) is 5.75. The number of hydrogen-bond donors (Lipinski definition) is 0. The maximum Gasteiger partial charge on any atom is 0.289 e. The standard InChI is InChI=1S/C18H16F2O3S/c1-22-14-7-3-12(4-8-14)5-9-15(21)13-6-10-17(24-18(19)20)16(11-13)23-2/h3-11,18H,1-2H3. The lowest BCUT2D eigenvalue weighted by Gasteiger charge is -2.08. The van der Waals surface area contributed by atoms with E-state index >= 15 is 0 Å². The molecule has 0 atom stereocenters. The van der Waals surface area contributed by atoms with Crippen LogP contribution in [0.3, 0.4) is 0 Å². The number of ether oxygens (including phenoxy) is 2. The highest BCUT2D eigenvalue weighted by Crippen LogP contribution is 2.34. The molecule has 0 aliphatic rings. The summed E-state index contributed by atoms with van der Waals surface area (Å²) in [6, 6.07) is 11.7. The molecule has 2 rings (SSSR count). The Hall–Kier alpha value is -2.34. The number of thioether (sulfide) groups is 1. The largest absolute Gasteiger partial charge is 0.497 e. The smallest absolute Gasteiger partial charge is 0.289 e. The number of halogens is 2. The van der Waals surface area contributed by atoms with E-state index in [0.29, 0.717) is 22.2 Å². The third kappa shape index (κ3) is 4.83. The Kier molecular flexibility index (Phi) is 6.37. The normalized spacial score (nSPS) is 11.0. The number of benzene rings is 2. The molecule has 0 fully saturated rings. The number of carbonyl (C=O) groups is 1. The molecule has 2 aromatic carbocycles. The van der Waals surface area contributed by atoms with E-state index < -0.39 is 5.76 Å². The van der Waals surface area contributed by atoms with E-state index in [-0.39, 0.29) is 11.5 Å². The molecular formula is C18H16F2O3S. The van der Waals surface area contributed by atoms with Crippen LogP contribution in [0.25, 0.3) is 6.08 Å². The summed E-state index contributed by atoms with van der Waals surface area (Å²) in [5.74, 6) is -1.80. The van der Waals surface area contributed by atoms with Gasteiger partial charge in [-0.3, -0.25) is 4.79 Å². The monoisotopic (exact) mass is 350 g/mol. The van der Waals surface area contributed by atoms with Crippen molar-refractivity contribution in [1.82, 2.24) is 0 Å². The van der Waals surface area contributed by atoms with Gasteiger partial charge in [0.15, 0.2) is 5.78 Å². The zero-order valence-electron chi connectivity index (χ0n) is 13.2. The van der Waals surface area contributed by atoms with Crippen molar-refractivity contribution in [1.29, 1.82) is 0 Å². The first-order valence-electron chi connectivity index (χ1n) is 7.03. The van der Waals surface area contributed by atoms with Crippen molar-refractivity contribution in [2.45, 2.75) is 10.7 Å². The van der Waals surface area contributed by atoms with Gasteiger partial charge < -0.3 is 9.47 Å². The summed E-state index contributed by atoms with van der Waals surface area (Å²) >= 11 is 0.384. The number of rotatable bonds is 7. The van der Waals surface area contributed by atoms with Gasteiger partial charge in [0, 0.05) is 5.56 Å². The van der Waals surface area contributed by atoms with E-state index in [4.69, 9.17) is 9.47 Å². The molecule has 6 heteroatoms. The van der Waals surface area contributed by atoms with E-state index in [2.05, 4.69) is 0 Å². The van der Waals surface area contributed by atoms with Crippen LogP contribution in [-0.4, -0.2) is 25.8 Å². The zero-order chi connectivity index (χ0) is 17.5. The summed E-state index contributed by atoms with van der Waals surface area (Å²) in [5, 5.41) is 0. The van der Waals surface area contributed by atoms with Crippen LogP contribution in [0, 0.1) is 0 Å². The van der Waals surface area contributed by atoms with E-state index in [0.717, 1.165) is 11.3 Å². The first kappa shape index (κ1) is 18.0. The highest BCUT2D eigenvalue weighted by Gasteiger charge is 2.13. The molecule has 126 valence electrons. The molecule has 0 radical (unpaired) electrons. The molecule has 0 heterocycles. The molecule has 24 heavy (non-hydrogen) atoms. The maximum absolute atomic E-state index is 12.5. The van der Waals surface area contributed by atoms with Crippen LogP contribution in [0.4, 0.5) is 8.78 Å². The summed E-state index contributed by atoms with van der Waals surface area (Å²) in [6.07, 6.45) is 3.10. The summed E-state index contributed by atoms with van der Waals surface area (Å²) < 4.78 is 35.1. The van der Waals surface area contributed by atoms with Crippen LogP contribution in [-0.2, 0) is 0 Å². The van der Waals surface area contributed by atoms with Crippen LogP contribution in [0.5, 0.6) is 11.5 Å². The number of allylic oxidation sites excluding steroid dienone is 1. The lowest BCUT2D eigenvalue weighted by molar-refractivity contribution is 0.104. The fourth-order valence-corrected chi connectivity index (χ4v) is 2.59. The van der Waals surface area contributed by atoms with E-state index in [1.165, 1.54) is 31.4 Å². The van der Waals surface area contributed by atoms with Crippen molar-refractivity contribution < 1.29 is 23.0 Å². The fraction of sp³-hybridized carbons (Fsp3) is 0.167. The molecule has 0 bridgehead atoms. The molecule has 0 spiro atoms. The minimum atomic E-state index is -2.55. The highest BCUT2D eigenvalue weighted by atomic mass is 32.2. The average Bonchev–Trinajstić information content (AvgIpc) is 2.60. The Bertz CT molecular complexity index is 728. The van der Waals surface area contributed by atoms with Gasteiger partial charge in [0.2, 0.25) is 0 Å². The van der Waals surface area contributed by atoms with Crippen LogP contribution in [0.15, 0.2) is 53.4 Å². The molecule has 0 saturated heterocycles. The van der Waals surface area contributed by atoms with Gasteiger partial charge in [-0.1, -0.05) is 30.0 Å². The van der Waals surface area contributed by atoms with Crippen LogP contribution >= 0.6 is 11.8 Å². The summed E-state index contributed by atoms with van der Waals surface area (Å²) in [5.41, 5.74) is 1.22. The van der Waals surface area contributed by atoms with E-state index in [1.807, 2.05) is 12.1 Å². The van der Waals surface area contributed by atoms with Gasteiger partial charge in [0.05, 0.1) is 19.1 Å². The number of hydrogen-bond acceptors (Lipinski definition) is 4. The maximum atomic E-state index is 12.5. The zero-order valence-corrected chi connectivity index (χ0v) is 14.0. The Balaban J connectivity index is 2.15. The molecule has 0 amide bonds. The second-order valence-electron chi connectivity index (χ2n) is 4.71. The lowest BCUT2D eigenvalue weighted by atomic mass is 10.1. The van der Waals surface area contributed by atoms with Crippen molar-refractivity contribution in [3.8, 4) is 11.5 Å². The average molecular weight is 350 g/mol. The third-order valence-electron chi connectivity index (χ3n) is 3.21. The number of alkyl halides is 2. The minimum absolute atomic E-state index is 0.238. The summed E-state index contributed by atoms with van der Waals surface area (Å²) in [4.78, 5) is 12.5. The van der Waals surface area contributed by atoms with Crippen molar-refractivity contribution in [3.05, 3.63) is 59.7 Å². The highest BCUT2D eigenvalue weighted by molar-refractivity contribution is 7.99. The van der Waals surface area contributed by atoms with Gasteiger partial charge in [-0.05, 0) is 42.0 Å². The molecule has 0 unspecified atom stereocenters. The predicted molar refractivity (Wildman–Crippen MR) is 91.2 cm³/mol. The summed E-state index contributed by atoms with van der Waals surface area (Å²) in [7, 11) is 2.96. The molecule has 0 aliphatic heterocycles. The number of methoxy groups -OCH3 is 2. The van der Waals surface area contributed by atoms with E-state index in [1.54, 1.807) is 25.3 Å². The molecule has 0 aromatic heterocycles. The van der Waals surface area contributed by atoms with Gasteiger partial charge in [-0.25, -0.2) is 0 Å². The Morgan fingerprint density at radius 3 is 2.38 bits per heavy atom. The topological polar surface area (TPSA) is 35.5 Å².